The van der Waals surface area contributed by atoms with Gasteiger partial charge in [0.2, 0.25) is 3.79 Å². The molecule has 0 aromatic carbocycles. The van der Waals surface area contributed by atoms with Crippen LogP contribution in [0.15, 0.2) is 0 Å². The molecule has 0 radical (unpaired) electrons. The Morgan fingerprint density at radius 3 is 2.40 bits per heavy atom. The maximum absolute atomic E-state index is 10.1. The van der Waals surface area contributed by atoms with Crippen molar-refractivity contribution in [2.24, 2.45) is 0 Å². The highest BCUT2D eigenvalue weighted by Crippen LogP contribution is 2.25. The zero-order valence-corrected chi connectivity index (χ0v) is 6.87. The van der Waals surface area contributed by atoms with Gasteiger partial charge in [-0.05, 0) is 0 Å². The topological polar surface area (TPSA) is 58.6 Å². The van der Waals surface area contributed by atoms with Gasteiger partial charge in [-0.25, -0.2) is 10.3 Å². The number of carbonyl (C=O) groups is 1. The van der Waals surface area contributed by atoms with Gasteiger partial charge in [0.05, 0.1) is 0 Å². The molecule has 0 bridgehead atoms. The Morgan fingerprint density at radius 2 is 2.10 bits per heavy atom. The van der Waals surface area contributed by atoms with E-state index in [0.29, 0.717) is 0 Å². The summed E-state index contributed by atoms with van der Waals surface area (Å²) in [6, 6.07) is 0. The first-order valence-corrected chi connectivity index (χ1v) is 3.22. The highest BCUT2D eigenvalue weighted by Gasteiger charge is 2.21. The van der Waals surface area contributed by atoms with Gasteiger partial charge in [0, 0.05) is 0 Å². The summed E-state index contributed by atoms with van der Waals surface area (Å²) >= 11 is 15.5. The lowest BCUT2D eigenvalue weighted by Crippen LogP contribution is -2.25. The Balaban J connectivity index is 3.46. The normalized spacial score (nSPS) is 10.8. The van der Waals surface area contributed by atoms with Gasteiger partial charge in [0.15, 0.2) is 0 Å². The second kappa shape index (κ2) is 4.08. The molecule has 0 saturated carbocycles. The number of carbonyl (C=O) groups excluding carboxylic acids is 1. The third-order valence-corrected chi connectivity index (χ3v) is 0.786. The number of hydrogen-bond acceptors (Lipinski definition) is 3. The fourth-order valence-corrected chi connectivity index (χ4v) is 0.343. The molecule has 0 aliphatic carbocycles. The summed E-state index contributed by atoms with van der Waals surface area (Å²) in [5, 5.41) is 7.88. The summed E-state index contributed by atoms with van der Waals surface area (Å²) in [5.41, 5.74) is 1.20. The molecule has 0 aromatic rings. The number of hydroxylamine groups is 1. The minimum absolute atomic E-state index is 0.413. The van der Waals surface area contributed by atoms with Gasteiger partial charge < -0.3 is 4.74 Å². The molecule has 10 heavy (non-hydrogen) atoms. The molecule has 0 rings (SSSR count). The number of amides is 1. The maximum Gasteiger partial charge on any atom is 0.431 e. The lowest BCUT2D eigenvalue weighted by molar-refractivity contribution is 0.0905. The standard InChI is InChI=1S/C3H4Cl3NO3/c4-3(5,6)1-10-2(8)7-9/h9H,1H2,(H,7,8). The zero-order valence-electron chi connectivity index (χ0n) is 4.60. The van der Waals surface area contributed by atoms with Crippen molar-refractivity contribution in [1.29, 1.82) is 0 Å². The molecule has 0 aliphatic rings. The van der Waals surface area contributed by atoms with Crippen LogP contribution in [0.4, 0.5) is 4.79 Å². The van der Waals surface area contributed by atoms with E-state index in [1.807, 2.05) is 0 Å². The molecule has 0 atom stereocenters. The summed E-state index contributed by atoms with van der Waals surface area (Å²) < 4.78 is 2.51. The van der Waals surface area contributed by atoms with Crippen LogP contribution in [-0.4, -0.2) is 21.7 Å². The molecule has 0 saturated heterocycles. The summed E-state index contributed by atoms with van der Waals surface area (Å²) in [6.07, 6.45) is -1.06. The van der Waals surface area contributed by atoms with Crippen LogP contribution in [0, 0.1) is 0 Å². The third-order valence-electron chi connectivity index (χ3n) is 0.458. The van der Waals surface area contributed by atoms with Crippen molar-refractivity contribution >= 4 is 40.9 Å². The Bertz CT molecular complexity index is 123. The lowest BCUT2D eigenvalue weighted by Gasteiger charge is -2.09. The summed E-state index contributed by atoms with van der Waals surface area (Å²) in [6.45, 7) is -0.413. The summed E-state index contributed by atoms with van der Waals surface area (Å²) in [4.78, 5) is 10.1. The predicted molar refractivity (Wildman–Crippen MR) is 36.6 cm³/mol. The third kappa shape index (κ3) is 6.22. The Labute approximate surface area is 72.0 Å². The number of halogens is 3. The molecule has 0 spiro atoms. The van der Waals surface area contributed by atoms with E-state index < -0.39 is 16.5 Å². The molecule has 2 N–H and O–H groups in total. The fraction of sp³-hybridized carbons (Fsp3) is 0.667. The van der Waals surface area contributed by atoms with Crippen LogP contribution in [0.1, 0.15) is 0 Å². The molecule has 60 valence electrons. The van der Waals surface area contributed by atoms with Crippen molar-refractivity contribution in [1.82, 2.24) is 5.48 Å². The number of hydrogen-bond donors (Lipinski definition) is 2. The van der Waals surface area contributed by atoms with E-state index in [1.54, 1.807) is 0 Å². The highest BCUT2D eigenvalue weighted by molar-refractivity contribution is 6.67. The van der Waals surface area contributed by atoms with Crippen molar-refractivity contribution in [3.63, 3.8) is 0 Å². The second-order valence-corrected chi connectivity index (χ2v) is 3.82. The van der Waals surface area contributed by atoms with Crippen LogP contribution in [0.3, 0.4) is 0 Å². The van der Waals surface area contributed by atoms with E-state index in [2.05, 4.69) is 4.74 Å². The van der Waals surface area contributed by atoms with Gasteiger partial charge in [0.25, 0.3) is 0 Å². The van der Waals surface area contributed by atoms with Gasteiger partial charge in [0.1, 0.15) is 6.61 Å². The highest BCUT2D eigenvalue weighted by atomic mass is 35.6. The number of rotatable bonds is 1. The molecule has 1 amide bonds. The molecule has 0 fully saturated rings. The minimum atomic E-state index is -1.65. The van der Waals surface area contributed by atoms with Crippen molar-refractivity contribution in [2.75, 3.05) is 6.61 Å². The van der Waals surface area contributed by atoms with E-state index in [9.17, 15) is 4.79 Å². The number of nitrogens with one attached hydrogen (secondary N) is 1. The second-order valence-electron chi connectivity index (χ2n) is 1.30. The van der Waals surface area contributed by atoms with E-state index >= 15 is 0 Å². The van der Waals surface area contributed by atoms with Crippen molar-refractivity contribution in [3.05, 3.63) is 0 Å². The summed E-state index contributed by atoms with van der Waals surface area (Å²) in [7, 11) is 0. The van der Waals surface area contributed by atoms with Crippen molar-refractivity contribution in [3.8, 4) is 0 Å². The maximum atomic E-state index is 10.1. The van der Waals surface area contributed by atoms with Gasteiger partial charge in [-0.3, -0.25) is 5.21 Å². The number of ether oxygens (including phenoxy) is 1. The monoisotopic (exact) mass is 207 g/mol. The van der Waals surface area contributed by atoms with E-state index in [4.69, 9.17) is 40.0 Å². The average Bonchev–Trinajstić information content (AvgIpc) is 1.81. The van der Waals surface area contributed by atoms with Crippen molar-refractivity contribution in [2.45, 2.75) is 3.79 Å². The SMILES string of the molecule is O=C(NO)OCC(Cl)(Cl)Cl. The average molecular weight is 208 g/mol. The Kier molecular flexibility index (Phi) is 4.12. The lowest BCUT2D eigenvalue weighted by atomic mass is 10.8. The molecule has 7 heteroatoms. The smallest absolute Gasteiger partial charge is 0.431 e. The fourth-order valence-electron chi connectivity index (χ4n) is 0.180. The van der Waals surface area contributed by atoms with Gasteiger partial charge in [-0.15, -0.1) is 0 Å². The van der Waals surface area contributed by atoms with Crippen LogP contribution < -0.4 is 5.48 Å². The predicted octanol–water partition coefficient (Wildman–Crippen LogP) is 1.47. The molecule has 0 aliphatic heterocycles. The van der Waals surface area contributed by atoms with E-state index in [-0.39, 0.29) is 0 Å². The molecular weight excluding hydrogens is 204 g/mol. The quantitative estimate of drug-likeness (QED) is 0.390. The first-order chi connectivity index (χ1) is 4.45. The van der Waals surface area contributed by atoms with Gasteiger partial charge >= 0.3 is 6.09 Å². The summed E-state index contributed by atoms with van der Waals surface area (Å²) in [5.74, 6) is 0. The Hall–Kier alpha value is 0.1000. The zero-order chi connectivity index (χ0) is 8.20. The van der Waals surface area contributed by atoms with Crippen LogP contribution in [0.5, 0.6) is 0 Å². The van der Waals surface area contributed by atoms with E-state index in [0.717, 1.165) is 0 Å². The van der Waals surface area contributed by atoms with Crippen molar-refractivity contribution < 1.29 is 14.7 Å². The van der Waals surface area contributed by atoms with Gasteiger partial charge in [-0.1, -0.05) is 34.8 Å². The van der Waals surface area contributed by atoms with Crippen LogP contribution in [0.25, 0.3) is 0 Å². The molecule has 0 aromatic heterocycles. The molecule has 4 nitrogen and oxygen atoms in total. The molecular formula is C3H4Cl3NO3. The number of alkyl halides is 3. The van der Waals surface area contributed by atoms with Crippen LogP contribution >= 0.6 is 34.8 Å². The largest absolute Gasteiger partial charge is 0.444 e. The molecule has 0 heterocycles. The Morgan fingerprint density at radius 1 is 1.60 bits per heavy atom. The van der Waals surface area contributed by atoms with Crippen LogP contribution in [-0.2, 0) is 4.74 Å². The minimum Gasteiger partial charge on any atom is -0.444 e. The van der Waals surface area contributed by atoms with Crippen LogP contribution in [0.2, 0.25) is 0 Å². The van der Waals surface area contributed by atoms with Gasteiger partial charge in [-0.2, -0.15) is 0 Å². The molecule has 0 unspecified atom stereocenters. The first kappa shape index (κ1) is 10.1. The van der Waals surface area contributed by atoms with E-state index in [1.165, 1.54) is 5.48 Å². The first-order valence-electron chi connectivity index (χ1n) is 2.09.